The third-order valence-corrected chi connectivity index (χ3v) is 1.95. The van der Waals surface area contributed by atoms with Crippen LogP contribution in [0.1, 0.15) is 12.5 Å². The molecule has 0 bridgehead atoms. The molecule has 0 N–H and O–H groups in total. The van der Waals surface area contributed by atoms with Crippen molar-refractivity contribution in [2.24, 2.45) is 4.99 Å². The highest BCUT2D eigenvalue weighted by atomic mass is 35.5. The van der Waals surface area contributed by atoms with E-state index in [-0.39, 0.29) is 0 Å². The maximum absolute atomic E-state index is 5.79. The summed E-state index contributed by atoms with van der Waals surface area (Å²) in [6.45, 7) is 5.53. The standard InChI is InChI=1S/C12H12ClN/c1-3-5-12(14-4-2)10-6-8-11(13)9-7-10/h3-9H,2H2,1H3/b5-3-,14-12?. The van der Waals surface area contributed by atoms with Crippen LogP contribution in [0, 0.1) is 0 Å². The van der Waals surface area contributed by atoms with Gasteiger partial charge in [0.2, 0.25) is 0 Å². The quantitative estimate of drug-likeness (QED) is 0.665. The summed E-state index contributed by atoms with van der Waals surface area (Å²) in [5.74, 6) is 0. The molecule has 72 valence electrons. The number of rotatable bonds is 3. The van der Waals surface area contributed by atoms with Crippen molar-refractivity contribution >= 4 is 17.3 Å². The van der Waals surface area contributed by atoms with Crippen molar-refractivity contribution in [2.45, 2.75) is 6.92 Å². The Morgan fingerprint density at radius 2 is 2.00 bits per heavy atom. The molecular weight excluding hydrogens is 194 g/mol. The van der Waals surface area contributed by atoms with Crippen LogP contribution < -0.4 is 0 Å². The summed E-state index contributed by atoms with van der Waals surface area (Å²) in [6.07, 6.45) is 5.41. The highest BCUT2D eigenvalue weighted by Crippen LogP contribution is 2.11. The van der Waals surface area contributed by atoms with Crippen molar-refractivity contribution in [3.05, 3.63) is 59.8 Å². The first kappa shape index (κ1) is 10.7. The van der Waals surface area contributed by atoms with E-state index in [2.05, 4.69) is 11.6 Å². The van der Waals surface area contributed by atoms with E-state index in [9.17, 15) is 0 Å². The Hall–Kier alpha value is -1.34. The third-order valence-electron chi connectivity index (χ3n) is 1.69. The van der Waals surface area contributed by atoms with Gasteiger partial charge >= 0.3 is 0 Å². The lowest BCUT2D eigenvalue weighted by molar-refractivity contribution is 1.54. The Kier molecular flexibility index (Phi) is 4.14. The first-order valence-corrected chi connectivity index (χ1v) is 4.73. The second kappa shape index (κ2) is 5.40. The van der Waals surface area contributed by atoms with Crippen LogP contribution in [0.2, 0.25) is 5.02 Å². The molecular formula is C12H12ClN. The van der Waals surface area contributed by atoms with Crippen molar-refractivity contribution in [3.63, 3.8) is 0 Å². The van der Waals surface area contributed by atoms with Crippen LogP contribution in [0.25, 0.3) is 0 Å². The predicted octanol–water partition coefficient (Wildman–Crippen LogP) is 3.85. The molecule has 0 saturated carbocycles. The molecule has 14 heavy (non-hydrogen) atoms. The maximum atomic E-state index is 5.79. The molecule has 1 rings (SSSR count). The third kappa shape index (κ3) is 2.86. The number of aliphatic imine (C=N–C) groups is 1. The zero-order chi connectivity index (χ0) is 10.4. The molecule has 0 aliphatic rings. The van der Waals surface area contributed by atoms with E-state index in [4.69, 9.17) is 11.6 Å². The minimum absolute atomic E-state index is 0.729. The van der Waals surface area contributed by atoms with Crippen LogP contribution in [0.3, 0.4) is 0 Å². The summed E-state index contributed by atoms with van der Waals surface area (Å²) in [6, 6.07) is 7.56. The SMILES string of the molecule is C=CN=C(/C=C\C)c1ccc(Cl)cc1. The second-order valence-corrected chi connectivity index (χ2v) is 3.14. The number of allylic oxidation sites excluding steroid dienone is 2. The highest BCUT2D eigenvalue weighted by Gasteiger charge is 1.97. The van der Waals surface area contributed by atoms with Gasteiger partial charge in [0.15, 0.2) is 0 Å². The molecule has 0 atom stereocenters. The van der Waals surface area contributed by atoms with Gasteiger partial charge < -0.3 is 0 Å². The van der Waals surface area contributed by atoms with Gasteiger partial charge in [-0.2, -0.15) is 0 Å². The summed E-state index contributed by atoms with van der Waals surface area (Å²) >= 11 is 5.79. The fourth-order valence-electron chi connectivity index (χ4n) is 1.09. The Bertz CT molecular complexity index is 360. The van der Waals surface area contributed by atoms with Gasteiger partial charge in [-0.3, -0.25) is 4.99 Å². The Morgan fingerprint density at radius 1 is 1.36 bits per heavy atom. The van der Waals surface area contributed by atoms with E-state index in [0.29, 0.717) is 0 Å². The summed E-state index contributed by atoms with van der Waals surface area (Å²) in [5, 5.41) is 0.729. The van der Waals surface area contributed by atoms with E-state index < -0.39 is 0 Å². The zero-order valence-electron chi connectivity index (χ0n) is 8.07. The number of hydrogen-bond donors (Lipinski definition) is 0. The number of nitrogens with zero attached hydrogens (tertiary/aromatic N) is 1. The van der Waals surface area contributed by atoms with Gasteiger partial charge in [0, 0.05) is 16.8 Å². The molecule has 0 aliphatic carbocycles. The van der Waals surface area contributed by atoms with Gasteiger partial charge in [0.05, 0.1) is 5.71 Å². The summed E-state index contributed by atoms with van der Waals surface area (Å²) in [5.41, 5.74) is 1.92. The first-order chi connectivity index (χ1) is 6.77. The Labute approximate surface area is 89.4 Å². The Balaban J connectivity index is 3.05. The van der Waals surface area contributed by atoms with Crippen LogP contribution in [0.5, 0.6) is 0 Å². The molecule has 0 spiro atoms. The molecule has 1 aromatic rings. The minimum Gasteiger partial charge on any atom is -0.257 e. The fourth-order valence-corrected chi connectivity index (χ4v) is 1.22. The fraction of sp³-hybridized carbons (Fsp3) is 0.0833. The first-order valence-electron chi connectivity index (χ1n) is 4.35. The van der Waals surface area contributed by atoms with Crippen LogP contribution in [-0.4, -0.2) is 5.71 Å². The van der Waals surface area contributed by atoms with Crippen molar-refractivity contribution < 1.29 is 0 Å². The van der Waals surface area contributed by atoms with Gasteiger partial charge in [-0.05, 0) is 25.1 Å². The monoisotopic (exact) mass is 205 g/mol. The summed E-state index contributed by atoms with van der Waals surface area (Å²) in [4.78, 5) is 4.16. The molecule has 0 amide bonds. The average molecular weight is 206 g/mol. The molecule has 0 aliphatic heterocycles. The maximum Gasteiger partial charge on any atom is 0.0698 e. The topological polar surface area (TPSA) is 12.4 Å². The van der Waals surface area contributed by atoms with Crippen molar-refractivity contribution in [2.75, 3.05) is 0 Å². The van der Waals surface area contributed by atoms with E-state index in [0.717, 1.165) is 16.3 Å². The number of benzene rings is 1. The lowest BCUT2D eigenvalue weighted by atomic mass is 10.1. The van der Waals surface area contributed by atoms with Crippen LogP contribution in [0.15, 0.2) is 54.2 Å². The van der Waals surface area contributed by atoms with Gasteiger partial charge in [0.1, 0.15) is 0 Å². The molecule has 0 saturated heterocycles. The number of hydrogen-bond acceptors (Lipinski definition) is 1. The molecule has 0 radical (unpaired) electrons. The van der Waals surface area contributed by atoms with Gasteiger partial charge in [0.25, 0.3) is 0 Å². The lowest BCUT2D eigenvalue weighted by Gasteiger charge is -1.99. The smallest absolute Gasteiger partial charge is 0.0698 e. The summed E-state index contributed by atoms with van der Waals surface area (Å²) < 4.78 is 0. The number of halogens is 1. The van der Waals surface area contributed by atoms with Crippen molar-refractivity contribution in [1.29, 1.82) is 0 Å². The molecule has 1 nitrogen and oxygen atoms in total. The normalized spacial score (nSPS) is 12.0. The van der Waals surface area contributed by atoms with E-state index in [1.165, 1.54) is 6.20 Å². The van der Waals surface area contributed by atoms with Gasteiger partial charge in [-0.25, -0.2) is 0 Å². The average Bonchev–Trinajstić information content (AvgIpc) is 2.19. The predicted molar refractivity (Wildman–Crippen MR) is 63.0 cm³/mol. The van der Waals surface area contributed by atoms with Crippen molar-refractivity contribution in [3.8, 4) is 0 Å². The van der Waals surface area contributed by atoms with Gasteiger partial charge in [-0.15, -0.1) is 0 Å². The largest absolute Gasteiger partial charge is 0.257 e. The van der Waals surface area contributed by atoms with Gasteiger partial charge in [-0.1, -0.05) is 36.4 Å². The minimum atomic E-state index is 0.729. The van der Waals surface area contributed by atoms with Crippen LogP contribution in [-0.2, 0) is 0 Å². The van der Waals surface area contributed by atoms with E-state index >= 15 is 0 Å². The molecule has 0 unspecified atom stereocenters. The molecule has 1 aromatic carbocycles. The second-order valence-electron chi connectivity index (χ2n) is 2.70. The molecule has 2 heteroatoms. The molecule has 0 heterocycles. The molecule has 0 fully saturated rings. The highest BCUT2D eigenvalue weighted by molar-refractivity contribution is 6.30. The summed E-state index contributed by atoms with van der Waals surface area (Å²) in [7, 11) is 0. The van der Waals surface area contributed by atoms with E-state index in [1.54, 1.807) is 0 Å². The molecule has 0 aromatic heterocycles. The zero-order valence-corrected chi connectivity index (χ0v) is 8.83. The Morgan fingerprint density at radius 3 is 2.50 bits per heavy atom. The van der Waals surface area contributed by atoms with Crippen LogP contribution >= 0.6 is 11.6 Å². The van der Waals surface area contributed by atoms with E-state index in [1.807, 2.05) is 43.3 Å². The lowest BCUT2D eigenvalue weighted by Crippen LogP contribution is -1.94. The van der Waals surface area contributed by atoms with Crippen LogP contribution in [0.4, 0.5) is 0 Å². The van der Waals surface area contributed by atoms with Crippen molar-refractivity contribution in [1.82, 2.24) is 0 Å².